The second kappa shape index (κ2) is 6.94. The Hall–Kier alpha value is -2.51. The van der Waals surface area contributed by atoms with E-state index in [0.717, 1.165) is 16.3 Å². The number of nitrogens with one attached hydrogen (secondary N) is 1. The Kier molecular flexibility index (Phi) is 4.73. The maximum atomic E-state index is 12.4. The van der Waals surface area contributed by atoms with Gasteiger partial charge in [-0.1, -0.05) is 12.1 Å². The molecule has 0 fully saturated rings. The van der Waals surface area contributed by atoms with E-state index in [9.17, 15) is 9.59 Å². The molecule has 0 unspecified atom stereocenters. The predicted molar refractivity (Wildman–Crippen MR) is 95.9 cm³/mol. The zero-order valence-corrected chi connectivity index (χ0v) is 14.7. The van der Waals surface area contributed by atoms with E-state index in [0.29, 0.717) is 16.1 Å². The molecule has 7 heteroatoms. The molecule has 0 aliphatic heterocycles. The number of aromatic nitrogens is 1. The lowest BCUT2D eigenvalue weighted by molar-refractivity contribution is 0.0602. The molecule has 0 aliphatic carbocycles. The van der Waals surface area contributed by atoms with Crippen molar-refractivity contribution >= 4 is 39.6 Å². The van der Waals surface area contributed by atoms with E-state index in [4.69, 9.17) is 4.74 Å². The first-order valence-corrected chi connectivity index (χ1v) is 8.84. The molecule has 0 spiro atoms. The molecule has 0 atom stereocenters. The molecule has 5 nitrogen and oxygen atoms in total. The number of hydrogen-bond donors (Lipinski definition) is 1. The van der Waals surface area contributed by atoms with E-state index >= 15 is 0 Å². The van der Waals surface area contributed by atoms with E-state index < -0.39 is 5.97 Å². The van der Waals surface area contributed by atoms with Crippen LogP contribution in [0.1, 0.15) is 26.4 Å². The standard InChI is InChI=1S/C17H14N2O3S2/c1-10-9-24-15(18-10)12-5-3-11(4-6-12)14(20)19-16-13(7-8-23-16)17(21)22-2/h3-9H,1-2H3,(H,19,20). The number of esters is 1. The van der Waals surface area contributed by atoms with Crippen molar-refractivity contribution in [3.05, 3.63) is 57.9 Å². The Morgan fingerprint density at radius 2 is 1.88 bits per heavy atom. The minimum atomic E-state index is -0.471. The number of carbonyl (C=O) groups is 2. The quantitative estimate of drug-likeness (QED) is 0.709. The number of rotatable bonds is 4. The van der Waals surface area contributed by atoms with Crippen molar-refractivity contribution in [1.29, 1.82) is 0 Å². The summed E-state index contributed by atoms with van der Waals surface area (Å²) in [5.74, 6) is -0.745. The molecule has 1 aromatic carbocycles. The fourth-order valence-electron chi connectivity index (χ4n) is 2.10. The van der Waals surface area contributed by atoms with Crippen molar-refractivity contribution in [2.75, 3.05) is 12.4 Å². The van der Waals surface area contributed by atoms with Crippen molar-refractivity contribution in [2.24, 2.45) is 0 Å². The van der Waals surface area contributed by atoms with E-state index in [-0.39, 0.29) is 5.91 Å². The zero-order chi connectivity index (χ0) is 17.1. The van der Waals surface area contributed by atoms with Gasteiger partial charge in [-0.15, -0.1) is 22.7 Å². The normalized spacial score (nSPS) is 10.4. The summed E-state index contributed by atoms with van der Waals surface area (Å²) in [6.07, 6.45) is 0. The second-order valence-corrected chi connectivity index (χ2v) is 6.75. The van der Waals surface area contributed by atoms with Crippen LogP contribution in [0.25, 0.3) is 10.6 Å². The summed E-state index contributed by atoms with van der Waals surface area (Å²) >= 11 is 2.84. The third kappa shape index (κ3) is 3.37. The van der Waals surface area contributed by atoms with Gasteiger partial charge in [0.25, 0.3) is 5.91 Å². The Labute approximate surface area is 146 Å². The van der Waals surface area contributed by atoms with Crippen LogP contribution in [0.5, 0.6) is 0 Å². The van der Waals surface area contributed by atoms with Gasteiger partial charge in [-0.3, -0.25) is 4.79 Å². The van der Waals surface area contributed by atoms with Crippen LogP contribution in [0.15, 0.2) is 41.1 Å². The minimum absolute atomic E-state index is 0.274. The van der Waals surface area contributed by atoms with Gasteiger partial charge in [-0.2, -0.15) is 0 Å². The van der Waals surface area contributed by atoms with Crippen LogP contribution in [-0.2, 0) is 4.74 Å². The zero-order valence-electron chi connectivity index (χ0n) is 13.0. The summed E-state index contributed by atoms with van der Waals surface area (Å²) in [5, 5.41) is 7.87. The van der Waals surface area contributed by atoms with Gasteiger partial charge in [0.2, 0.25) is 0 Å². The van der Waals surface area contributed by atoms with Crippen LogP contribution in [0.3, 0.4) is 0 Å². The molecule has 2 heterocycles. The molecule has 122 valence electrons. The smallest absolute Gasteiger partial charge is 0.340 e. The number of thiazole rings is 1. The number of hydrogen-bond acceptors (Lipinski definition) is 6. The summed E-state index contributed by atoms with van der Waals surface area (Å²) in [6.45, 7) is 1.95. The molecule has 0 saturated heterocycles. The average molecular weight is 358 g/mol. The Balaban J connectivity index is 1.76. The topological polar surface area (TPSA) is 68.3 Å². The highest BCUT2D eigenvalue weighted by atomic mass is 32.1. The number of aryl methyl sites for hydroxylation is 1. The first-order chi connectivity index (χ1) is 11.6. The number of anilines is 1. The molecule has 3 rings (SSSR count). The summed E-state index contributed by atoms with van der Waals surface area (Å²) in [4.78, 5) is 28.4. The lowest BCUT2D eigenvalue weighted by Gasteiger charge is -2.06. The van der Waals surface area contributed by atoms with Crippen LogP contribution < -0.4 is 5.32 Å². The SMILES string of the molecule is COC(=O)c1ccsc1NC(=O)c1ccc(-c2nc(C)cs2)cc1. The van der Waals surface area contributed by atoms with E-state index in [2.05, 4.69) is 10.3 Å². The van der Waals surface area contributed by atoms with Gasteiger partial charge >= 0.3 is 5.97 Å². The molecule has 1 N–H and O–H groups in total. The van der Waals surface area contributed by atoms with Gasteiger partial charge < -0.3 is 10.1 Å². The highest BCUT2D eigenvalue weighted by molar-refractivity contribution is 7.14. The number of amides is 1. The van der Waals surface area contributed by atoms with Crippen molar-refractivity contribution in [1.82, 2.24) is 4.98 Å². The lowest BCUT2D eigenvalue weighted by Crippen LogP contribution is -2.13. The highest BCUT2D eigenvalue weighted by Gasteiger charge is 2.16. The molecule has 0 aliphatic rings. The minimum Gasteiger partial charge on any atom is -0.465 e. The summed E-state index contributed by atoms with van der Waals surface area (Å²) < 4.78 is 4.70. The Morgan fingerprint density at radius 3 is 2.50 bits per heavy atom. The van der Waals surface area contributed by atoms with Gasteiger partial charge in [0, 0.05) is 22.2 Å². The van der Waals surface area contributed by atoms with Crippen LogP contribution in [-0.4, -0.2) is 24.0 Å². The number of methoxy groups -OCH3 is 1. The molecule has 2 aromatic heterocycles. The summed E-state index contributed by atoms with van der Waals surface area (Å²) in [6, 6.07) is 8.84. The van der Waals surface area contributed by atoms with Crippen LogP contribution in [0.2, 0.25) is 0 Å². The molecule has 24 heavy (non-hydrogen) atoms. The molecular formula is C17H14N2O3S2. The van der Waals surface area contributed by atoms with Crippen molar-refractivity contribution < 1.29 is 14.3 Å². The van der Waals surface area contributed by atoms with E-state index in [1.807, 2.05) is 24.4 Å². The first kappa shape index (κ1) is 16.4. The van der Waals surface area contributed by atoms with Crippen LogP contribution >= 0.6 is 22.7 Å². The van der Waals surface area contributed by atoms with Crippen molar-refractivity contribution in [2.45, 2.75) is 6.92 Å². The molecule has 0 radical (unpaired) electrons. The molecular weight excluding hydrogens is 344 g/mol. The van der Waals surface area contributed by atoms with Crippen molar-refractivity contribution in [3.8, 4) is 10.6 Å². The molecule has 3 aromatic rings. The average Bonchev–Trinajstić information content (AvgIpc) is 3.23. The van der Waals surface area contributed by atoms with E-state index in [1.165, 1.54) is 18.4 Å². The highest BCUT2D eigenvalue weighted by Crippen LogP contribution is 2.26. The maximum Gasteiger partial charge on any atom is 0.340 e. The maximum absolute atomic E-state index is 12.4. The Morgan fingerprint density at radius 1 is 1.12 bits per heavy atom. The van der Waals surface area contributed by atoms with Crippen molar-refractivity contribution in [3.63, 3.8) is 0 Å². The molecule has 0 bridgehead atoms. The Bertz CT molecular complexity index is 881. The number of nitrogens with zero attached hydrogens (tertiary/aromatic N) is 1. The second-order valence-electron chi connectivity index (χ2n) is 4.98. The predicted octanol–water partition coefficient (Wildman–Crippen LogP) is 4.22. The van der Waals surface area contributed by atoms with Gasteiger partial charge in [0.05, 0.1) is 12.7 Å². The first-order valence-electron chi connectivity index (χ1n) is 7.08. The third-order valence-electron chi connectivity index (χ3n) is 3.31. The molecule has 0 saturated carbocycles. The number of benzene rings is 1. The number of carbonyl (C=O) groups excluding carboxylic acids is 2. The number of ether oxygens (including phenoxy) is 1. The largest absolute Gasteiger partial charge is 0.465 e. The fourth-order valence-corrected chi connectivity index (χ4v) is 3.68. The van der Waals surface area contributed by atoms with Gasteiger partial charge in [0.1, 0.15) is 10.0 Å². The van der Waals surface area contributed by atoms with E-state index in [1.54, 1.807) is 34.9 Å². The van der Waals surface area contributed by atoms with Gasteiger partial charge in [-0.25, -0.2) is 9.78 Å². The number of thiophene rings is 1. The third-order valence-corrected chi connectivity index (χ3v) is 5.15. The molecule has 1 amide bonds. The van der Waals surface area contributed by atoms with Gasteiger partial charge in [0.15, 0.2) is 0 Å². The van der Waals surface area contributed by atoms with Crippen LogP contribution in [0.4, 0.5) is 5.00 Å². The monoisotopic (exact) mass is 358 g/mol. The fraction of sp³-hybridized carbons (Fsp3) is 0.118. The summed E-state index contributed by atoms with van der Waals surface area (Å²) in [5.41, 5.74) is 2.81. The van der Waals surface area contributed by atoms with Crippen LogP contribution in [0, 0.1) is 6.92 Å². The lowest BCUT2D eigenvalue weighted by atomic mass is 10.1. The summed E-state index contributed by atoms with van der Waals surface area (Å²) in [7, 11) is 1.31. The van der Waals surface area contributed by atoms with Gasteiger partial charge in [-0.05, 0) is 30.5 Å².